The first-order valence-corrected chi connectivity index (χ1v) is 13.7. The fourth-order valence-electron chi connectivity index (χ4n) is 3.84. The molecule has 0 aliphatic rings. The van der Waals surface area contributed by atoms with Crippen molar-refractivity contribution in [3.05, 3.63) is 48.0 Å². The first-order chi connectivity index (χ1) is 14.7. The Morgan fingerprint density at radius 1 is 0.645 bits per heavy atom. The van der Waals surface area contributed by atoms with Gasteiger partial charge in [0.15, 0.2) is 0 Å². The van der Waals surface area contributed by atoms with Crippen LogP contribution in [0.25, 0.3) is 11.1 Å². The van der Waals surface area contributed by atoms with E-state index in [2.05, 4.69) is 6.92 Å². The average Bonchev–Trinajstić information content (AvgIpc) is 2.71. The van der Waals surface area contributed by atoms with Crippen LogP contribution >= 0.6 is 0 Å². The molecule has 8 heteroatoms. The van der Waals surface area contributed by atoms with E-state index >= 15 is 0 Å². The maximum Gasteiger partial charge on any atom is 0.295 e. The first-order valence-electron chi connectivity index (χ1n) is 10.8. The molecule has 0 atom stereocenters. The van der Waals surface area contributed by atoms with Crippen molar-refractivity contribution in [2.75, 3.05) is 0 Å². The topological polar surface area (TPSA) is 109 Å². The van der Waals surface area contributed by atoms with E-state index in [4.69, 9.17) is 0 Å². The number of aryl methyl sites for hydroxylation is 1. The summed E-state index contributed by atoms with van der Waals surface area (Å²) >= 11 is 0. The molecule has 2 rings (SSSR count). The molecule has 0 heterocycles. The monoisotopic (exact) mass is 468 g/mol. The lowest BCUT2D eigenvalue weighted by Gasteiger charge is -2.15. The molecular formula is C23H32O6S2. The molecule has 31 heavy (non-hydrogen) atoms. The molecule has 172 valence electrons. The number of hydrogen-bond donors (Lipinski definition) is 2. The minimum absolute atomic E-state index is 0.0338. The lowest BCUT2D eigenvalue weighted by Crippen LogP contribution is -2.08. The van der Waals surface area contributed by atoms with Gasteiger partial charge in [-0.25, -0.2) is 0 Å². The molecule has 0 saturated heterocycles. The van der Waals surface area contributed by atoms with Crippen molar-refractivity contribution in [2.45, 2.75) is 80.9 Å². The van der Waals surface area contributed by atoms with Gasteiger partial charge in [-0.2, -0.15) is 16.8 Å². The van der Waals surface area contributed by atoms with Gasteiger partial charge in [-0.3, -0.25) is 9.11 Å². The van der Waals surface area contributed by atoms with E-state index in [1.165, 1.54) is 56.4 Å². The molecule has 6 nitrogen and oxygen atoms in total. The van der Waals surface area contributed by atoms with Crippen molar-refractivity contribution < 1.29 is 25.9 Å². The highest BCUT2D eigenvalue weighted by Gasteiger charge is 2.25. The van der Waals surface area contributed by atoms with E-state index in [0.29, 0.717) is 12.0 Å². The molecule has 0 fully saturated rings. The third-order valence-corrected chi connectivity index (χ3v) is 7.27. The number of rotatable bonds is 13. The molecule has 0 spiro atoms. The predicted octanol–water partition coefficient (Wildman–Crippen LogP) is 5.92. The van der Waals surface area contributed by atoms with Gasteiger partial charge in [-0.15, -0.1) is 0 Å². The minimum atomic E-state index is -4.61. The summed E-state index contributed by atoms with van der Waals surface area (Å²) in [5.74, 6) is 0. The highest BCUT2D eigenvalue weighted by atomic mass is 32.2. The third-order valence-electron chi connectivity index (χ3n) is 5.36. The number of benzene rings is 2. The second-order valence-electron chi connectivity index (χ2n) is 7.82. The number of hydrogen-bond acceptors (Lipinski definition) is 4. The van der Waals surface area contributed by atoms with Crippen LogP contribution in [0.5, 0.6) is 0 Å². The van der Waals surface area contributed by atoms with Crippen LogP contribution in [0, 0.1) is 0 Å². The summed E-state index contributed by atoms with van der Waals surface area (Å²) in [6.07, 6.45) is 10.6. The Bertz CT molecular complexity index is 1060. The normalized spacial score (nSPS) is 12.2. The summed E-state index contributed by atoms with van der Waals surface area (Å²) in [6.45, 7) is 2.19. The highest BCUT2D eigenvalue weighted by molar-refractivity contribution is 7.86. The van der Waals surface area contributed by atoms with E-state index in [9.17, 15) is 25.9 Å². The van der Waals surface area contributed by atoms with Crippen molar-refractivity contribution >= 4 is 20.2 Å². The van der Waals surface area contributed by atoms with Gasteiger partial charge in [0.25, 0.3) is 20.2 Å². The fraction of sp³-hybridized carbons (Fsp3) is 0.478. The lowest BCUT2D eigenvalue weighted by molar-refractivity contribution is 0.479. The predicted molar refractivity (Wildman–Crippen MR) is 122 cm³/mol. The molecule has 2 N–H and O–H groups in total. The molecule has 0 unspecified atom stereocenters. The van der Waals surface area contributed by atoms with Gasteiger partial charge in [0.2, 0.25) is 0 Å². The quantitative estimate of drug-likeness (QED) is 0.279. The molecule has 2 aromatic rings. The van der Waals surface area contributed by atoms with Gasteiger partial charge in [0.1, 0.15) is 9.79 Å². The van der Waals surface area contributed by atoms with Crippen molar-refractivity contribution in [1.29, 1.82) is 0 Å². The Hall–Kier alpha value is -1.74. The third kappa shape index (κ3) is 7.71. The molecule has 2 aromatic carbocycles. The maximum absolute atomic E-state index is 12.2. The fourth-order valence-corrected chi connectivity index (χ4v) is 5.50. The van der Waals surface area contributed by atoms with Crippen LogP contribution in [-0.4, -0.2) is 25.9 Å². The summed E-state index contributed by atoms with van der Waals surface area (Å²) in [4.78, 5) is -0.703. The van der Waals surface area contributed by atoms with Gasteiger partial charge in [0, 0.05) is 11.1 Å². The van der Waals surface area contributed by atoms with Crippen LogP contribution in [0.2, 0.25) is 0 Å². The maximum atomic E-state index is 12.2. The van der Waals surface area contributed by atoms with Crippen LogP contribution in [-0.2, 0) is 26.7 Å². The largest absolute Gasteiger partial charge is 0.295 e. The van der Waals surface area contributed by atoms with Crippen LogP contribution in [0.3, 0.4) is 0 Å². The molecule has 0 aliphatic carbocycles. The van der Waals surface area contributed by atoms with E-state index in [0.717, 1.165) is 25.7 Å². The van der Waals surface area contributed by atoms with Crippen LogP contribution in [0.15, 0.2) is 52.3 Å². The summed E-state index contributed by atoms with van der Waals surface area (Å²) in [5, 5.41) is 0. The Kier molecular flexibility index (Phi) is 9.68. The van der Waals surface area contributed by atoms with Crippen LogP contribution < -0.4 is 0 Å². The van der Waals surface area contributed by atoms with E-state index in [-0.39, 0.29) is 16.0 Å². The molecule has 0 bridgehead atoms. The Morgan fingerprint density at radius 3 is 1.77 bits per heavy atom. The first kappa shape index (κ1) is 25.5. The van der Waals surface area contributed by atoms with Gasteiger partial charge in [0.05, 0.1) is 0 Å². The molecule has 0 aromatic heterocycles. The zero-order chi connectivity index (χ0) is 22.9. The zero-order valence-electron chi connectivity index (χ0n) is 18.0. The Balaban J connectivity index is 2.19. The average molecular weight is 469 g/mol. The van der Waals surface area contributed by atoms with E-state index in [1.54, 1.807) is 18.2 Å². The van der Waals surface area contributed by atoms with E-state index < -0.39 is 25.1 Å². The number of unbranched alkanes of at least 4 members (excludes halogenated alkanes) is 8. The van der Waals surface area contributed by atoms with Crippen molar-refractivity contribution in [3.8, 4) is 11.1 Å². The lowest BCUT2D eigenvalue weighted by atomic mass is 9.99. The van der Waals surface area contributed by atoms with Gasteiger partial charge in [-0.05, 0) is 24.5 Å². The van der Waals surface area contributed by atoms with Crippen molar-refractivity contribution in [3.63, 3.8) is 0 Å². The van der Waals surface area contributed by atoms with E-state index in [1.807, 2.05) is 0 Å². The van der Waals surface area contributed by atoms with Gasteiger partial charge in [-0.1, -0.05) is 94.7 Å². The zero-order valence-corrected chi connectivity index (χ0v) is 19.6. The SMILES string of the molecule is CCCCCCCCCCCc1cccc(-c2ccccc2S(=O)(=O)O)c1S(=O)(=O)O. The Labute approximate surface area is 186 Å². The summed E-state index contributed by atoms with van der Waals surface area (Å²) in [5.41, 5.74) is 0.531. The molecular weight excluding hydrogens is 436 g/mol. The molecule has 0 aliphatic heterocycles. The van der Waals surface area contributed by atoms with Crippen molar-refractivity contribution in [1.82, 2.24) is 0 Å². The van der Waals surface area contributed by atoms with Gasteiger partial charge >= 0.3 is 0 Å². The Morgan fingerprint density at radius 2 is 1.19 bits per heavy atom. The molecule has 0 radical (unpaired) electrons. The van der Waals surface area contributed by atoms with Crippen LogP contribution in [0.1, 0.15) is 70.3 Å². The highest BCUT2D eigenvalue weighted by Crippen LogP contribution is 2.35. The summed E-state index contributed by atoms with van der Waals surface area (Å²) in [6, 6.07) is 10.3. The molecule has 0 saturated carbocycles. The smallest absolute Gasteiger partial charge is 0.282 e. The summed E-state index contributed by atoms with van der Waals surface area (Å²) in [7, 11) is -9.18. The van der Waals surface area contributed by atoms with Crippen LogP contribution in [0.4, 0.5) is 0 Å². The standard InChI is InChI=1S/C23H32O6S2/c1-2-3-4-5-6-7-8-9-10-14-19-15-13-17-21(23(19)31(27,28)29)20-16-11-12-18-22(20)30(24,25)26/h11-13,15-18H,2-10,14H2,1H3,(H,24,25,26)(H,27,28,29). The second-order valence-corrected chi connectivity index (χ2v) is 10.6. The minimum Gasteiger partial charge on any atom is -0.282 e. The second kappa shape index (κ2) is 11.8. The van der Waals surface area contributed by atoms with Gasteiger partial charge < -0.3 is 0 Å². The van der Waals surface area contributed by atoms with Crippen molar-refractivity contribution in [2.24, 2.45) is 0 Å². The molecule has 0 amide bonds. The summed E-state index contributed by atoms with van der Waals surface area (Å²) < 4.78 is 67.4.